The van der Waals surface area contributed by atoms with Crippen molar-refractivity contribution in [2.24, 2.45) is 0 Å². The van der Waals surface area contributed by atoms with Crippen LogP contribution in [0, 0.1) is 5.82 Å². The van der Waals surface area contributed by atoms with Gasteiger partial charge in [0.05, 0.1) is 29.9 Å². The number of hydrogen-bond donors (Lipinski definition) is 0. The quantitative estimate of drug-likeness (QED) is 0.525. The van der Waals surface area contributed by atoms with Crippen molar-refractivity contribution in [2.75, 3.05) is 16.3 Å². The number of benzene rings is 2. The van der Waals surface area contributed by atoms with Gasteiger partial charge in [-0.25, -0.2) is 18.5 Å². The smallest absolute Gasteiger partial charge is 0.339 e. The largest absolute Gasteiger partial charge is 0.481 e. The molecule has 0 aliphatic carbocycles. The number of carbonyl (C=O) groups is 1. The van der Waals surface area contributed by atoms with Crippen molar-refractivity contribution in [3.05, 3.63) is 77.2 Å². The fourth-order valence-corrected chi connectivity index (χ4v) is 4.13. The number of rotatable bonds is 4. The first-order valence-corrected chi connectivity index (χ1v) is 9.55. The predicted molar refractivity (Wildman–Crippen MR) is 109 cm³/mol. The summed E-state index contributed by atoms with van der Waals surface area (Å²) in [6, 6.07) is 15.0. The van der Waals surface area contributed by atoms with Crippen LogP contribution in [0.3, 0.4) is 0 Å². The first-order valence-electron chi connectivity index (χ1n) is 8.40. The highest BCUT2D eigenvalue weighted by molar-refractivity contribution is 8.01. The van der Waals surface area contributed by atoms with Crippen LogP contribution in [-0.4, -0.2) is 18.1 Å². The number of urea groups is 1. The van der Waals surface area contributed by atoms with Crippen LogP contribution < -0.4 is 13.9 Å². The fourth-order valence-electron chi connectivity index (χ4n) is 2.90. The maximum Gasteiger partial charge on any atom is 0.339 e. The summed E-state index contributed by atoms with van der Waals surface area (Å²) in [4.78, 5) is 19.8. The standard InChI is InChI=1S/C20H15ClFN3O2S/c1-27-19-11-13(9-10-23-19)25-20(26)24(17-7-2-3-8-18(17)28-25)12-14-15(21)5-4-6-16(14)22/h2-11H,12H2,1H3. The molecule has 3 aromatic rings. The number of aromatic nitrogens is 1. The highest BCUT2D eigenvalue weighted by Crippen LogP contribution is 2.42. The second-order valence-corrected chi connectivity index (χ2v) is 7.37. The van der Waals surface area contributed by atoms with Gasteiger partial charge in [0.25, 0.3) is 0 Å². The maximum absolute atomic E-state index is 14.4. The van der Waals surface area contributed by atoms with E-state index >= 15 is 0 Å². The first-order chi connectivity index (χ1) is 13.6. The van der Waals surface area contributed by atoms with Crippen molar-refractivity contribution >= 4 is 41.0 Å². The van der Waals surface area contributed by atoms with Crippen LogP contribution >= 0.6 is 23.5 Å². The van der Waals surface area contributed by atoms with Crippen molar-refractivity contribution in [2.45, 2.75) is 11.4 Å². The Hall–Kier alpha value is -2.77. The van der Waals surface area contributed by atoms with Crippen molar-refractivity contribution in [1.29, 1.82) is 0 Å². The van der Waals surface area contributed by atoms with Gasteiger partial charge in [-0.05, 0) is 42.3 Å². The molecule has 5 nitrogen and oxygen atoms in total. The summed E-state index contributed by atoms with van der Waals surface area (Å²) in [7, 11) is 1.51. The molecule has 1 aliphatic heterocycles. The molecule has 28 heavy (non-hydrogen) atoms. The van der Waals surface area contributed by atoms with E-state index in [2.05, 4.69) is 4.98 Å². The summed E-state index contributed by atoms with van der Waals surface area (Å²) in [6.45, 7) is 0.0145. The van der Waals surface area contributed by atoms with Crippen LogP contribution in [0.4, 0.5) is 20.6 Å². The van der Waals surface area contributed by atoms with E-state index in [9.17, 15) is 9.18 Å². The number of fused-ring (bicyclic) bond motifs is 1. The minimum atomic E-state index is -0.451. The molecule has 142 valence electrons. The SMILES string of the molecule is COc1cc(N2Sc3ccccc3N(Cc3c(F)cccc3Cl)C2=O)ccn1. The summed E-state index contributed by atoms with van der Waals surface area (Å²) >= 11 is 7.49. The summed E-state index contributed by atoms with van der Waals surface area (Å²) in [5.74, 6) is -0.0541. The molecular formula is C20H15ClFN3O2S. The number of para-hydroxylation sites is 1. The lowest BCUT2D eigenvalue weighted by Crippen LogP contribution is -2.43. The van der Waals surface area contributed by atoms with Crippen LogP contribution in [0.5, 0.6) is 5.88 Å². The minimum Gasteiger partial charge on any atom is -0.481 e. The number of nitrogens with zero attached hydrogens (tertiary/aromatic N) is 3. The molecule has 1 aliphatic rings. The minimum absolute atomic E-state index is 0.0145. The Labute approximate surface area is 170 Å². The maximum atomic E-state index is 14.4. The van der Waals surface area contributed by atoms with Gasteiger partial charge < -0.3 is 4.74 Å². The fraction of sp³-hybridized carbons (Fsp3) is 0.100. The lowest BCUT2D eigenvalue weighted by atomic mass is 10.2. The normalized spacial score (nSPS) is 13.5. The van der Waals surface area contributed by atoms with E-state index in [1.54, 1.807) is 30.5 Å². The first kappa shape index (κ1) is 18.6. The van der Waals surface area contributed by atoms with Gasteiger partial charge in [-0.15, -0.1) is 0 Å². The molecule has 8 heteroatoms. The molecule has 0 atom stereocenters. The van der Waals surface area contributed by atoms with Gasteiger partial charge in [-0.2, -0.15) is 0 Å². The Bertz CT molecular complexity index is 1030. The second-order valence-electron chi connectivity index (χ2n) is 5.98. The Balaban J connectivity index is 1.77. The lowest BCUT2D eigenvalue weighted by Gasteiger charge is -2.36. The van der Waals surface area contributed by atoms with Crippen LogP contribution in [0.15, 0.2) is 65.7 Å². The summed E-state index contributed by atoms with van der Waals surface area (Å²) < 4.78 is 21.1. The average molecular weight is 416 g/mol. The van der Waals surface area contributed by atoms with Crippen molar-refractivity contribution in [3.8, 4) is 5.88 Å². The molecular weight excluding hydrogens is 401 g/mol. The van der Waals surface area contributed by atoms with E-state index in [-0.39, 0.29) is 23.2 Å². The molecule has 0 N–H and O–H groups in total. The van der Waals surface area contributed by atoms with E-state index in [0.29, 0.717) is 17.3 Å². The average Bonchev–Trinajstić information content (AvgIpc) is 2.72. The summed E-state index contributed by atoms with van der Waals surface area (Å²) in [6.07, 6.45) is 1.57. The Morgan fingerprint density at radius 3 is 2.79 bits per heavy atom. The van der Waals surface area contributed by atoms with E-state index in [4.69, 9.17) is 16.3 Å². The van der Waals surface area contributed by atoms with Crippen LogP contribution in [0.2, 0.25) is 5.02 Å². The summed E-state index contributed by atoms with van der Waals surface area (Å²) in [5.41, 5.74) is 1.58. The number of hydrogen-bond acceptors (Lipinski definition) is 4. The highest BCUT2D eigenvalue weighted by Gasteiger charge is 2.33. The van der Waals surface area contributed by atoms with Gasteiger partial charge in [0, 0.05) is 22.8 Å². The Morgan fingerprint density at radius 1 is 1.18 bits per heavy atom. The van der Waals surface area contributed by atoms with Crippen molar-refractivity contribution in [3.63, 3.8) is 0 Å². The molecule has 2 aromatic carbocycles. The zero-order valence-electron chi connectivity index (χ0n) is 14.8. The third-order valence-corrected chi connectivity index (χ3v) is 5.74. The van der Waals surface area contributed by atoms with Crippen molar-refractivity contribution in [1.82, 2.24) is 4.98 Å². The number of carbonyl (C=O) groups excluding carboxylic acids is 1. The van der Waals surface area contributed by atoms with Crippen LogP contribution in [0.25, 0.3) is 0 Å². The second kappa shape index (κ2) is 7.69. The van der Waals surface area contributed by atoms with E-state index < -0.39 is 5.82 Å². The Kier molecular flexibility index (Phi) is 5.11. The summed E-state index contributed by atoms with van der Waals surface area (Å²) in [5, 5.41) is 0.278. The molecule has 2 amide bonds. The van der Waals surface area contributed by atoms with Gasteiger partial charge in [0.2, 0.25) is 5.88 Å². The van der Waals surface area contributed by atoms with Crippen LogP contribution in [-0.2, 0) is 6.54 Å². The monoisotopic (exact) mass is 415 g/mol. The highest BCUT2D eigenvalue weighted by atomic mass is 35.5. The van der Waals surface area contributed by atoms with E-state index in [1.165, 1.54) is 34.3 Å². The number of anilines is 2. The molecule has 0 unspecified atom stereocenters. The molecule has 0 radical (unpaired) electrons. The predicted octanol–water partition coefficient (Wildman–Crippen LogP) is 5.54. The third-order valence-electron chi connectivity index (χ3n) is 4.29. The Morgan fingerprint density at radius 2 is 2.00 bits per heavy atom. The third kappa shape index (κ3) is 3.39. The number of amides is 2. The molecule has 0 bridgehead atoms. The number of pyridine rings is 1. The van der Waals surface area contributed by atoms with Gasteiger partial charge in [0.1, 0.15) is 5.82 Å². The van der Waals surface area contributed by atoms with E-state index in [0.717, 1.165) is 4.90 Å². The molecule has 4 rings (SSSR count). The molecule has 0 saturated carbocycles. The molecule has 0 spiro atoms. The zero-order valence-corrected chi connectivity index (χ0v) is 16.4. The molecule has 2 heterocycles. The van der Waals surface area contributed by atoms with E-state index in [1.807, 2.05) is 24.3 Å². The number of methoxy groups -OCH3 is 1. The molecule has 0 fully saturated rings. The van der Waals surface area contributed by atoms with Gasteiger partial charge in [0.15, 0.2) is 0 Å². The number of halogens is 2. The van der Waals surface area contributed by atoms with Crippen LogP contribution in [0.1, 0.15) is 5.56 Å². The molecule has 0 saturated heterocycles. The zero-order chi connectivity index (χ0) is 19.7. The van der Waals surface area contributed by atoms with Crippen molar-refractivity contribution < 1.29 is 13.9 Å². The van der Waals surface area contributed by atoms with Gasteiger partial charge in [-0.3, -0.25) is 4.90 Å². The van der Waals surface area contributed by atoms with Gasteiger partial charge >= 0.3 is 6.03 Å². The molecule has 1 aromatic heterocycles. The number of ether oxygens (including phenoxy) is 1. The van der Waals surface area contributed by atoms with Gasteiger partial charge in [-0.1, -0.05) is 29.8 Å². The lowest BCUT2D eigenvalue weighted by molar-refractivity contribution is 0.254. The topological polar surface area (TPSA) is 45.7 Å².